The molecule has 1 amide bonds. The number of nitrogens with one attached hydrogen (secondary N) is 2. The molecule has 7 heteroatoms. The number of ether oxygens (including phenoxy) is 2. The molecule has 0 saturated heterocycles. The van der Waals surface area contributed by atoms with Gasteiger partial charge in [-0.2, -0.15) is 0 Å². The van der Waals surface area contributed by atoms with Crippen molar-refractivity contribution in [3.05, 3.63) is 95.9 Å². The van der Waals surface area contributed by atoms with E-state index < -0.39 is 18.1 Å². The molecular formula is C26H32N2O5. The van der Waals surface area contributed by atoms with Crippen LogP contribution in [0.1, 0.15) is 42.2 Å². The van der Waals surface area contributed by atoms with Crippen molar-refractivity contribution >= 4 is 18.2 Å². The molecule has 0 radical (unpaired) electrons. The zero-order chi connectivity index (χ0) is 24.6. The van der Waals surface area contributed by atoms with Crippen LogP contribution in [0.2, 0.25) is 0 Å². The van der Waals surface area contributed by atoms with Crippen LogP contribution in [0.4, 0.5) is 0 Å². The fourth-order valence-corrected chi connectivity index (χ4v) is 2.53. The first kappa shape index (κ1) is 27.2. The van der Waals surface area contributed by atoms with E-state index in [4.69, 9.17) is 9.47 Å². The molecule has 2 unspecified atom stereocenters. The van der Waals surface area contributed by atoms with Crippen LogP contribution in [0.15, 0.2) is 84.8 Å². The minimum absolute atomic E-state index is 0.378. The smallest absolute Gasteiger partial charge is 0.334 e. The second kappa shape index (κ2) is 15.0. The number of benzene rings is 2. The van der Waals surface area contributed by atoms with Gasteiger partial charge in [-0.15, -0.1) is 0 Å². The first-order valence-electron chi connectivity index (χ1n) is 10.5. The number of carbonyl (C=O) groups is 3. The van der Waals surface area contributed by atoms with Crippen LogP contribution in [0, 0.1) is 0 Å². The molecule has 0 fully saturated rings. The zero-order valence-corrected chi connectivity index (χ0v) is 19.5. The van der Waals surface area contributed by atoms with Crippen molar-refractivity contribution in [1.82, 2.24) is 10.6 Å². The molecule has 2 atom stereocenters. The Kier molecular flexibility index (Phi) is 12.4. The second-order valence-corrected chi connectivity index (χ2v) is 6.94. The lowest BCUT2D eigenvalue weighted by Crippen LogP contribution is -2.36. The molecule has 176 valence electrons. The summed E-state index contributed by atoms with van der Waals surface area (Å²) in [5, 5.41) is 5.55. The van der Waals surface area contributed by atoms with Gasteiger partial charge in [0.1, 0.15) is 0 Å². The van der Waals surface area contributed by atoms with Crippen LogP contribution in [0.5, 0.6) is 0 Å². The predicted molar refractivity (Wildman–Crippen MR) is 128 cm³/mol. The molecule has 0 aliphatic heterocycles. The Hall–Kier alpha value is -3.87. The number of likely N-dealkylation sites (N-methyl/N-ethyl adjacent to an activating group) is 1. The molecular weight excluding hydrogens is 420 g/mol. The monoisotopic (exact) mass is 452 g/mol. The van der Waals surface area contributed by atoms with E-state index in [1.165, 1.54) is 0 Å². The van der Waals surface area contributed by atoms with Gasteiger partial charge in [0, 0.05) is 18.3 Å². The van der Waals surface area contributed by atoms with E-state index in [0.717, 1.165) is 11.5 Å². The lowest BCUT2D eigenvalue weighted by atomic mass is 10.1. The quantitative estimate of drug-likeness (QED) is 0.245. The number of rotatable bonds is 10. The molecule has 0 spiro atoms. The summed E-state index contributed by atoms with van der Waals surface area (Å²) in [6.07, 6.45) is 1.97. The van der Waals surface area contributed by atoms with Crippen LogP contribution in [0.3, 0.4) is 0 Å². The molecule has 0 aliphatic rings. The van der Waals surface area contributed by atoms with Crippen molar-refractivity contribution in [3.63, 3.8) is 0 Å². The summed E-state index contributed by atoms with van der Waals surface area (Å²) >= 11 is 0. The number of hydrogen-bond acceptors (Lipinski definition) is 6. The van der Waals surface area contributed by atoms with Gasteiger partial charge in [0.2, 0.25) is 0 Å². The number of carbonyl (C=O) groups excluding carboxylic acids is 3. The molecule has 7 nitrogen and oxygen atoms in total. The second-order valence-electron chi connectivity index (χ2n) is 6.94. The van der Waals surface area contributed by atoms with Gasteiger partial charge in [-0.3, -0.25) is 9.59 Å². The minimum atomic E-state index is -0.979. The molecule has 0 saturated carbocycles. The van der Waals surface area contributed by atoms with E-state index in [-0.39, 0.29) is 5.91 Å². The van der Waals surface area contributed by atoms with Gasteiger partial charge in [-0.25, -0.2) is 4.79 Å². The van der Waals surface area contributed by atoms with Crippen LogP contribution in [-0.2, 0) is 19.1 Å². The molecule has 0 bridgehead atoms. The average molecular weight is 453 g/mol. The predicted octanol–water partition coefficient (Wildman–Crippen LogP) is 3.95. The highest BCUT2D eigenvalue weighted by atomic mass is 16.5. The first-order valence-corrected chi connectivity index (χ1v) is 10.5. The highest BCUT2D eigenvalue weighted by molar-refractivity contribution is 5.97. The van der Waals surface area contributed by atoms with Crippen LogP contribution < -0.4 is 10.6 Å². The SMILES string of the molecule is C=C(/C=C(/C)OC)NC.CCC(C=O)OC(=O)C(NC(=O)c1ccccc1)c1ccccc1. The van der Waals surface area contributed by atoms with E-state index in [0.29, 0.717) is 23.8 Å². The Balaban J connectivity index is 0.000000513. The third kappa shape index (κ3) is 9.86. The number of allylic oxidation sites excluding steroid dienone is 2. The normalized spacial score (nSPS) is 12.2. The average Bonchev–Trinajstić information content (AvgIpc) is 2.86. The summed E-state index contributed by atoms with van der Waals surface area (Å²) in [5.41, 5.74) is 1.88. The molecule has 2 aromatic carbocycles. The Bertz CT molecular complexity index is 926. The maximum absolute atomic E-state index is 12.4. The summed E-state index contributed by atoms with van der Waals surface area (Å²) in [4.78, 5) is 35.7. The highest BCUT2D eigenvalue weighted by Crippen LogP contribution is 2.17. The molecule has 2 aromatic rings. The van der Waals surface area contributed by atoms with E-state index in [2.05, 4.69) is 17.2 Å². The number of hydrogen-bond donors (Lipinski definition) is 2. The molecule has 2 rings (SSSR count). The lowest BCUT2D eigenvalue weighted by Gasteiger charge is -2.20. The summed E-state index contributed by atoms with van der Waals surface area (Å²) < 4.78 is 10.1. The Morgan fingerprint density at radius 3 is 2.12 bits per heavy atom. The van der Waals surface area contributed by atoms with Crippen molar-refractivity contribution in [2.75, 3.05) is 14.2 Å². The zero-order valence-electron chi connectivity index (χ0n) is 19.5. The highest BCUT2D eigenvalue weighted by Gasteiger charge is 2.26. The summed E-state index contributed by atoms with van der Waals surface area (Å²) in [5.74, 6) is -0.195. The fraction of sp³-hybridized carbons (Fsp3) is 0.269. The van der Waals surface area contributed by atoms with Crippen LogP contribution >= 0.6 is 0 Å². The number of aldehydes is 1. The van der Waals surface area contributed by atoms with Gasteiger partial charge in [0.05, 0.1) is 12.9 Å². The van der Waals surface area contributed by atoms with Crippen LogP contribution in [0.25, 0.3) is 0 Å². The molecule has 0 heterocycles. The Labute approximate surface area is 195 Å². The van der Waals surface area contributed by atoms with E-state index in [1.807, 2.05) is 26.1 Å². The fourth-order valence-electron chi connectivity index (χ4n) is 2.53. The van der Waals surface area contributed by atoms with Gasteiger partial charge < -0.3 is 20.1 Å². The third-order valence-corrected chi connectivity index (χ3v) is 4.52. The van der Waals surface area contributed by atoms with E-state index in [9.17, 15) is 14.4 Å². The van der Waals surface area contributed by atoms with Crippen molar-refractivity contribution in [3.8, 4) is 0 Å². The van der Waals surface area contributed by atoms with Crippen LogP contribution in [-0.4, -0.2) is 38.4 Å². The maximum Gasteiger partial charge on any atom is 0.334 e. The van der Waals surface area contributed by atoms with Gasteiger partial charge in [0.15, 0.2) is 18.4 Å². The topological polar surface area (TPSA) is 93.7 Å². The third-order valence-electron chi connectivity index (χ3n) is 4.52. The van der Waals surface area contributed by atoms with Gasteiger partial charge in [-0.1, -0.05) is 62.0 Å². The summed E-state index contributed by atoms with van der Waals surface area (Å²) in [6.45, 7) is 7.31. The van der Waals surface area contributed by atoms with Crippen molar-refractivity contribution in [1.29, 1.82) is 0 Å². The Morgan fingerprint density at radius 2 is 1.64 bits per heavy atom. The maximum atomic E-state index is 12.4. The Morgan fingerprint density at radius 1 is 1.06 bits per heavy atom. The molecule has 33 heavy (non-hydrogen) atoms. The van der Waals surface area contributed by atoms with E-state index in [1.54, 1.807) is 68.6 Å². The molecule has 0 aromatic heterocycles. The number of methoxy groups -OCH3 is 1. The minimum Gasteiger partial charge on any atom is -0.501 e. The van der Waals surface area contributed by atoms with Crippen molar-refractivity contribution < 1.29 is 23.9 Å². The molecule has 0 aliphatic carbocycles. The van der Waals surface area contributed by atoms with Gasteiger partial charge in [-0.05, 0) is 37.1 Å². The van der Waals surface area contributed by atoms with Crippen molar-refractivity contribution in [2.24, 2.45) is 0 Å². The van der Waals surface area contributed by atoms with Gasteiger partial charge >= 0.3 is 5.97 Å². The lowest BCUT2D eigenvalue weighted by molar-refractivity contribution is -0.154. The van der Waals surface area contributed by atoms with Crippen molar-refractivity contribution in [2.45, 2.75) is 32.4 Å². The largest absolute Gasteiger partial charge is 0.501 e. The summed E-state index contributed by atoms with van der Waals surface area (Å²) in [6, 6.07) is 16.4. The number of esters is 1. The number of amides is 1. The van der Waals surface area contributed by atoms with E-state index >= 15 is 0 Å². The first-order chi connectivity index (χ1) is 15.9. The summed E-state index contributed by atoms with van der Waals surface area (Å²) in [7, 11) is 3.45. The van der Waals surface area contributed by atoms with Gasteiger partial charge in [0.25, 0.3) is 5.91 Å². The molecule has 2 N–H and O–H groups in total. The standard InChI is InChI=1S/C19H19NO4.C7H13NO/c1-2-16(13-21)24-19(23)17(14-9-5-3-6-10-14)20-18(22)15-11-7-4-8-12-15;1-6(8-3)5-7(2)9-4/h3-13,16-17H,2H2,1H3,(H,20,22);5,8H,1H2,2-4H3/b;7-5-.